The van der Waals surface area contributed by atoms with Crippen molar-refractivity contribution in [2.24, 2.45) is 11.8 Å². The molecule has 4 aliphatic heterocycles. The molecule has 2 saturated heterocycles. The number of nitrogens with zero attached hydrogens (tertiary/aromatic N) is 3. The van der Waals surface area contributed by atoms with E-state index in [1.54, 1.807) is 35.2 Å². The first kappa shape index (κ1) is 24.5. The van der Waals surface area contributed by atoms with Crippen LogP contribution in [0.2, 0.25) is 0 Å². The summed E-state index contributed by atoms with van der Waals surface area (Å²) in [7, 11) is 1.49. The molecule has 202 valence electrons. The van der Waals surface area contributed by atoms with Crippen molar-refractivity contribution in [3.63, 3.8) is 0 Å². The van der Waals surface area contributed by atoms with Crippen LogP contribution in [0.25, 0.3) is 0 Å². The number of fused-ring (bicyclic) bond motifs is 5. The number of ether oxygens (including phenoxy) is 1. The number of methoxy groups -OCH3 is 1. The average molecular weight is 537 g/mol. The Labute approximate surface area is 231 Å². The van der Waals surface area contributed by atoms with Gasteiger partial charge in [-0.25, -0.2) is 4.90 Å². The molecule has 3 aromatic rings. The van der Waals surface area contributed by atoms with Crippen LogP contribution in [0, 0.1) is 11.8 Å². The summed E-state index contributed by atoms with van der Waals surface area (Å²) in [6.45, 7) is 2.21. The molecule has 1 spiro atoms. The third-order valence-corrected chi connectivity index (χ3v) is 8.82. The normalized spacial score (nSPS) is 26.5. The summed E-state index contributed by atoms with van der Waals surface area (Å²) in [6, 6.07) is 21.4. The first-order valence-electron chi connectivity index (χ1n) is 13.5. The van der Waals surface area contributed by atoms with Gasteiger partial charge in [0.05, 0.1) is 24.6 Å². The Kier molecular flexibility index (Phi) is 5.37. The topological polar surface area (TPSA) is 99.3 Å². The first-order valence-corrected chi connectivity index (χ1v) is 13.5. The number of rotatable bonds is 4. The summed E-state index contributed by atoms with van der Waals surface area (Å²) in [5.74, 6) is -2.74. The minimum absolute atomic E-state index is 0.169. The largest absolute Gasteiger partial charge is 0.495 e. The van der Waals surface area contributed by atoms with Crippen LogP contribution in [0.15, 0.2) is 72.8 Å². The summed E-state index contributed by atoms with van der Waals surface area (Å²) < 4.78 is 5.45. The number of imide groups is 1. The van der Waals surface area contributed by atoms with Crippen molar-refractivity contribution in [2.75, 3.05) is 34.9 Å². The molecule has 0 radical (unpaired) electrons. The highest BCUT2D eigenvalue weighted by molar-refractivity contribution is 6.26. The fraction of sp³-hybridized carbons (Fsp3) is 0.290. The van der Waals surface area contributed by atoms with Crippen molar-refractivity contribution in [3.05, 3.63) is 83.9 Å². The van der Waals surface area contributed by atoms with Gasteiger partial charge in [0.25, 0.3) is 5.91 Å². The quantitative estimate of drug-likeness (QED) is 0.515. The maximum absolute atomic E-state index is 14.5. The van der Waals surface area contributed by atoms with E-state index in [2.05, 4.69) is 5.32 Å². The maximum atomic E-state index is 14.5. The van der Waals surface area contributed by atoms with Crippen molar-refractivity contribution < 1.29 is 23.9 Å². The lowest BCUT2D eigenvalue weighted by Gasteiger charge is -2.30. The zero-order chi connectivity index (χ0) is 27.8. The molecule has 4 atom stereocenters. The lowest BCUT2D eigenvalue weighted by molar-refractivity contribution is -0.132. The molecule has 1 N–H and O–H groups in total. The van der Waals surface area contributed by atoms with E-state index in [1.807, 2.05) is 49.4 Å². The van der Waals surface area contributed by atoms with Crippen LogP contribution in [-0.4, -0.2) is 49.9 Å². The lowest BCUT2D eigenvalue weighted by atomic mass is 9.76. The maximum Gasteiger partial charge on any atom is 0.253 e. The monoisotopic (exact) mass is 536 g/mol. The zero-order valence-corrected chi connectivity index (χ0v) is 22.2. The number of hydrogen-bond donors (Lipinski definition) is 1. The second-order valence-electron chi connectivity index (χ2n) is 10.8. The van der Waals surface area contributed by atoms with Crippen molar-refractivity contribution >= 4 is 40.7 Å². The Morgan fingerprint density at radius 3 is 2.38 bits per heavy atom. The van der Waals surface area contributed by atoms with Gasteiger partial charge in [-0.1, -0.05) is 48.5 Å². The molecule has 7 rings (SSSR count). The van der Waals surface area contributed by atoms with Gasteiger partial charge in [-0.05, 0) is 43.2 Å². The molecule has 0 saturated carbocycles. The molecule has 4 heterocycles. The van der Waals surface area contributed by atoms with Gasteiger partial charge in [0.2, 0.25) is 17.7 Å². The molecule has 4 amide bonds. The molecule has 9 nitrogen and oxygen atoms in total. The highest BCUT2D eigenvalue weighted by Crippen LogP contribution is 2.55. The molecule has 2 fully saturated rings. The highest BCUT2D eigenvalue weighted by Gasteiger charge is 2.71. The Bertz CT molecular complexity index is 1600. The van der Waals surface area contributed by atoms with Crippen LogP contribution in [-0.2, 0) is 31.1 Å². The van der Waals surface area contributed by atoms with Gasteiger partial charge in [-0.15, -0.1) is 0 Å². The van der Waals surface area contributed by atoms with Gasteiger partial charge in [0.1, 0.15) is 17.8 Å². The smallest absolute Gasteiger partial charge is 0.253 e. The molecule has 40 heavy (non-hydrogen) atoms. The van der Waals surface area contributed by atoms with Gasteiger partial charge < -0.3 is 14.5 Å². The van der Waals surface area contributed by atoms with Crippen LogP contribution in [0.3, 0.4) is 0 Å². The molecular formula is C31H28N4O5. The van der Waals surface area contributed by atoms with Gasteiger partial charge >= 0.3 is 0 Å². The van der Waals surface area contributed by atoms with Crippen molar-refractivity contribution in [3.8, 4) is 5.75 Å². The number of para-hydroxylation sites is 4. The number of carbonyl (C=O) groups is 4. The van der Waals surface area contributed by atoms with Crippen molar-refractivity contribution in [1.82, 2.24) is 5.32 Å². The number of benzene rings is 3. The fourth-order valence-electron chi connectivity index (χ4n) is 7.14. The number of amides is 4. The van der Waals surface area contributed by atoms with Gasteiger partial charge in [-0.3, -0.25) is 24.5 Å². The van der Waals surface area contributed by atoms with E-state index in [9.17, 15) is 19.2 Å². The van der Waals surface area contributed by atoms with Crippen LogP contribution >= 0.6 is 0 Å². The second-order valence-corrected chi connectivity index (χ2v) is 10.8. The fourth-order valence-corrected chi connectivity index (χ4v) is 7.14. The molecule has 0 bridgehead atoms. The first-order chi connectivity index (χ1) is 19.4. The van der Waals surface area contributed by atoms with E-state index in [0.29, 0.717) is 29.2 Å². The van der Waals surface area contributed by atoms with E-state index in [1.165, 1.54) is 12.0 Å². The Balaban J connectivity index is 1.28. The Hall–Kier alpha value is -4.50. The van der Waals surface area contributed by atoms with Crippen LogP contribution in [0.1, 0.15) is 18.1 Å². The summed E-state index contributed by atoms with van der Waals surface area (Å²) in [5.41, 5.74) is 2.03. The van der Waals surface area contributed by atoms with Crippen LogP contribution < -0.4 is 24.8 Å². The minimum atomic E-state index is -1.46. The van der Waals surface area contributed by atoms with Gasteiger partial charge in [0.15, 0.2) is 0 Å². The Morgan fingerprint density at radius 1 is 0.925 bits per heavy atom. The van der Waals surface area contributed by atoms with E-state index in [0.717, 1.165) is 22.6 Å². The zero-order valence-electron chi connectivity index (χ0n) is 22.2. The molecule has 4 aliphatic rings. The predicted molar refractivity (Wildman–Crippen MR) is 148 cm³/mol. The number of carbonyl (C=O) groups excluding carboxylic acids is 4. The molecule has 3 aromatic carbocycles. The molecule has 9 heteroatoms. The van der Waals surface area contributed by atoms with Crippen LogP contribution in [0.4, 0.5) is 17.1 Å². The van der Waals surface area contributed by atoms with E-state index in [4.69, 9.17) is 4.74 Å². The molecule has 0 unspecified atom stereocenters. The summed E-state index contributed by atoms with van der Waals surface area (Å²) >= 11 is 0. The van der Waals surface area contributed by atoms with Crippen LogP contribution in [0.5, 0.6) is 5.75 Å². The molecule has 0 aromatic heterocycles. The van der Waals surface area contributed by atoms with Gasteiger partial charge in [0, 0.05) is 29.5 Å². The number of hydrogen-bond acceptors (Lipinski definition) is 6. The van der Waals surface area contributed by atoms with E-state index < -0.39 is 35.2 Å². The van der Waals surface area contributed by atoms with Crippen molar-refractivity contribution in [1.29, 1.82) is 0 Å². The lowest BCUT2D eigenvalue weighted by Crippen LogP contribution is -2.56. The third-order valence-electron chi connectivity index (χ3n) is 8.82. The average Bonchev–Trinajstić information content (AvgIpc) is 3.67. The molecule has 0 aliphatic carbocycles. The third kappa shape index (κ3) is 3.12. The summed E-state index contributed by atoms with van der Waals surface area (Å²) in [4.78, 5) is 60.4. The SMILES string of the molecule is COc1ccccc1N1C(=O)[C@H]2[C@@H](C1=O)[C@]1(N[C@@H]2C)C(=O)N(CC(=O)N2CCc3ccccc32)c2ccccc21. The number of anilines is 3. The van der Waals surface area contributed by atoms with E-state index >= 15 is 0 Å². The summed E-state index contributed by atoms with van der Waals surface area (Å²) in [6.07, 6.45) is 0.759. The standard InChI is InChI=1S/C31H28N4O5/c1-18-26-27(29(38)35(28(26)37)23-13-7-8-14-24(23)40-2)31(32-18)20-10-4-6-12-22(20)34(30(31)39)17-25(36)33-16-15-19-9-3-5-11-21(19)33/h3-14,18,26-27,32H,15-17H2,1-2H3/t18-,26-,27+,31+/m1/s1. The van der Waals surface area contributed by atoms with Gasteiger partial charge in [-0.2, -0.15) is 0 Å². The Morgan fingerprint density at radius 2 is 1.60 bits per heavy atom. The van der Waals surface area contributed by atoms with E-state index in [-0.39, 0.29) is 18.4 Å². The molecular weight excluding hydrogens is 508 g/mol. The summed E-state index contributed by atoms with van der Waals surface area (Å²) in [5, 5.41) is 3.37. The highest BCUT2D eigenvalue weighted by atomic mass is 16.5. The van der Waals surface area contributed by atoms with Crippen molar-refractivity contribution in [2.45, 2.75) is 24.9 Å². The predicted octanol–water partition coefficient (Wildman–Crippen LogP) is 2.62. The number of nitrogens with one attached hydrogen (secondary N) is 1. The second kappa shape index (κ2) is 8.76. The minimum Gasteiger partial charge on any atom is -0.495 e.